The third-order valence-corrected chi connectivity index (χ3v) is 9.98. The molecule has 0 radical (unpaired) electrons. The van der Waals surface area contributed by atoms with E-state index in [9.17, 15) is 14.4 Å². The van der Waals surface area contributed by atoms with Crippen molar-refractivity contribution in [3.8, 4) is 0 Å². The van der Waals surface area contributed by atoms with Crippen LogP contribution in [0, 0.1) is 5.92 Å². The smallest absolute Gasteiger partial charge is 0.304 e. The van der Waals surface area contributed by atoms with Crippen molar-refractivity contribution >= 4 is 25.9 Å². The first kappa shape index (κ1) is 27.4. The number of aryl methyl sites for hydroxylation is 2. The van der Waals surface area contributed by atoms with E-state index in [-0.39, 0.29) is 42.6 Å². The van der Waals surface area contributed by atoms with Crippen LogP contribution < -0.4 is 4.90 Å². The molecule has 1 unspecified atom stereocenters. The van der Waals surface area contributed by atoms with E-state index in [2.05, 4.69) is 17.2 Å². The number of β-lactam (4-membered cyclic amide) rings is 1. The lowest BCUT2D eigenvalue weighted by molar-refractivity contribution is -0.153. The van der Waals surface area contributed by atoms with Crippen molar-refractivity contribution < 1.29 is 29.0 Å². The molecule has 1 aromatic carbocycles. The lowest BCUT2D eigenvalue weighted by Gasteiger charge is -2.39. The van der Waals surface area contributed by atoms with Crippen LogP contribution in [0.3, 0.4) is 0 Å². The van der Waals surface area contributed by atoms with Gasteiger partial charge < -0.3 is 19.4 Å². The van der Waals surface area contributed by atoms with Gasteiger partial charge in [0, 0.05) is 43.9 Å². The zero-order chi connectivity index (χ0) is 26.7. The quantitative estimate of drug-likeness (QED) is 0.258. The second kappa shape index (κ2) is 11.4. The van der Waals surface area contributed by atoms with Gasteiger partial charge in [0.2, 0.25) is 5.91 Å². The number of rotatable bonds is 11. The highest BCUT2D eigenvalue weighted by Crippen LogP contribution is 2.45. The molecule has 2 aliphatic heterocycles. The number of amides is 1. The van der Waals surface area contributed by atoms with Gasteiger partial charge in [0.25, 0.3) is 0 Å². The summed E-state index contributed by atoms with van der Waals surface area (Å²) >= 11 is 0. The van der Waals surface area contributed by atoms with Crippen LogP contribution in [0.25, 0.3) is 0 Å². The first-order valence-corrected chi connectivity index (χ1v) is 16.0. The Balaban J connectivity index is 1.35. The molecular weight excluding hydrogens is 492 g/mol. The average molecular weight is 531 g/mol. The van der Waals surface area contributed by atoms with Crippen LogP contribution in [0.4, 0.5) is 5.69 Å². The van der Waals surface area contributed by atoms with Crippen LogP contribution in [0.5, 0.6) is 0 Å². The fraction of sp³-hybridized carbons (Fsp3) is 0.615. The van der Waals surface area contributed by atoms with Gasteiger partial charge in [0.1, 0.15) is 0 Å². The van der Waals surface area contributed by atoms with E-state index >= 15 is 0 Å². The van der Waals surface area contributed by atoms with Crippen LogP contribution in [0.2, 0.25) is 18.6 Å². The highest BCUT2D eigenvalue weighted by atomic mass is 28.4. The molecule has 5 atom stereocenters. The highest BCUT2D eigenvalue weighted by Gasteiger charge is 2.49. The summed E-state index contributed by atoms with van der Waals surface area (Å²) in [6.07, 6.45) is 4.42. The maximum atomic E-state index is 12.0. The standard InChI is InChI=1S/C26H38N4O6Si/c1-17-22(10-7-19-5-8-21(9-6-19)30-24(33)15-25(30)35-18(2)32)36-23(26(17)37(3,4)34)11-13-29-16-20(12-14-31)27-28-29/h5-6,8-9,16-17,22-23,25-26,31,34H,7,10-15H2,1-4H3/t17-,22+,23-,25?,26+/m0/s1. The number of aliphatic hydroxyl groups excluding tert-OH is 1. The Morgan fingerprint density at radius 1 is 1.19 bits per heavy atom. The maximum Gasteiger partial charge on any atom is 0.304 e. The second-order valence-electron chi connectivity index (χ2n) is 10.7. The van der Waals surface area contributed by atoms with Crippen molar-refractivity contribution in [2.75, 3.05) is 11.5 Å². The largest absolute Gasteiger partial charge is 0.441 e. The maximum absolute atomic E-state index is 12.0. The molecule has 10 nitrogen and oxygen atoms in total. The van der Waals surface area contributed by atoms with Crippen molar-refractivity contribution in [2.45, 2.75) is 89.6 Å². The monoisotopic (exact) mass is 530 g/mol. The van der Waals surface area contributed by atoms with Gasteiger partial charge in [-0.3, -0.25) is 19.2 Å². The fourth-order valence-corrected chi connectivity index (χ4v) is 8.39. The molecule has 2 aromatic rings. The summed E-state index contributed by atoms with van der Waals surface area (Å²) in [6, 6.07) is 7.78. The molecule has 3 heterocycles. The molecule has 2 fully saturated rings. The molecule has 0 bridgehead atoms. The summed E-state index contributed by atoms with van der Waals surface area (Å²) in [7, 11) is -2.47. The third-order valence-electron chi connectivity index (χ3n) is 7.46. The molecule has 1 aromatic heterocycles. The van der Waals surface area contributed by atoms with Crippen molar-refractivity contribution in [1.29, 1.82) is 0 Å². The normalized spacial score (nSPS) is 25.8. The molecule has 1 amide bonds. The molecule has 0 spiro atoms. The number of benzene rings is 1. The zero-order valence-corrected chi connectivity index (χ0v) is 23.0. The zero-order valence-electron chi connectivity index (χ0n) is 22.0. The molecular formula is C26H38N4O6Si. The molecule has 37 heavy (non-hydrogen) atoms. The van der Waals surface area contributed by atoms with E-state index in [1.54, 1.807) is 4.68 Å². The van der Waals surface area contributed by atoms with Gasteiger partial charge in [-0.25, -0.2) is 0 Å². The van der Waals surface area contributed by atoms with Crippen LogP contribution in [-0.4, -0.2) is 70.1 Å². The minimum absolute atomic E-state index is 0.0413. The Kier molecular flexibility index (Phi) is 8.47. The number of aliphatic hydroxyl groups is 1. The predicted octanol–water partition coefficient (Wildman–Crippen LogP) is 2.43. The first-order valence-electron chi connectivity index (χ1n) is 13.0. The van der Waals surface area contributed by atoms with Crippen LogP contribution in [-0.2, 0) is 38.4 Å². The molecule has 2 N–H and O–H groups in total. The summed E-state index contributed by atoms with van der Waals surface area (Å²) < 4.78 is 13.5. The number of ether oxygens (including phenoxy) is 2. The lowest BCUT2D eigenvalue weighted by atomic mass is 9.95. The molecule has 2 aliphatic rings. The van der Waals surface area contributed by atoms with Crippen molar-refractivity contribution in [1.82, 2.24) is 15.0 Å². The van der Waals surface area contributed by atoms with Gasteiger partial charge >= 0.3 is 5.97 Å². The van der Waals surface area contributed by atoms with E-state index in [1.807, 2.05) is 43.6 Å². The Bertz CT molecular complexity index is 1090. The van der Waals surface area contributed by atoms with Crippen LogP contribution in [0.1, 0.15) is 44.4 Å². The SMILES string of the molecule is CC(=O)OC1CC(=O)N1c1ccc(CC[C@H]2O[C@@H](CCn3cc(CCO)nn3)[C@H]([Si](C)(C)O)[C@H]2C)cc1. The number of aromatic nitrogens is 3. The summed E-state index contributed by atoms with van der Waals surface area (Å²) in [5, 5.41) is 17.3. The van der Waals surface area contributed by atoms with Gasteiger partial charge in [-0.1, -0.05) is 24.3 Å². The number of anilines is 1. The summed E-state index contributed by atoms with van der Waals surface area (Å²) in [5.41, 5.74) is 2.74. The minimum Gasteiger partial charge on any atom is -0.441 e. The number of carbonyl (C=O) groups is 2. The molecule has 11 heteroatoms. The van der Waals surface area contributed by atoms with E-state index < -0.39 is 20.5 Å². The second-order valence-corrected chi connectivity index (χ2v) is 14.7. The molecule has 0 saturated carbocycles. The molecule has 2 saturated heterocycles. The Labute approximate surface area is 218 Å². The van der Waals surface area contributed by atoms with Crippen molar-refractivity contribution in [2.24, 2.45) is 5.92 Å². The predicted molar refractivity (Wildman–Crippen MR) is 139 cm³/mol. The molecule has 0 aliphatic carbocycles. The molecule has 202 valence electrons. The average Bonchev–Trinajstić information content (AvgIpc) is 3.40. The number of carbonyl (C=O) groups excluding carboxylic acids is 2. The summed E-state index contributed by atoms with van der Waals surface area (Å²) in [6.45, 7) is 8.19. The number of hydrogen-bond acceptors (Lipinski definition) is 8. The Hall–Kier alpha value is -2.60. The summed E-state index contributed by atoms with van der Waals surface area (Å²) in [5.74, 6) is -0.223. The topological polar surface area (TPSA) is 127 Å². The Morgan fingerprint density at radius 2 is 1.92 bits per heavy atom. The van der Waals surface area contributed by atoms with Crippen molar-refractivity contribution in [3.05, 3.63) is 41.7 Å². The fourth-order valence-electron chi connectivity index (χ4n) is 5.73. The Morgan fingerprint density at radius 3 is 2.54 bits per heavy atom. The van der Waals surface area contributed by atoms with Crippen LogP contribution in [0.15, 0.2) is 30.5 Å². The van der Waals surface area contributed by atoms with Gasteiger partial charge in [0.15, 0.2) is 14.5 Å². The lowest BCUT2D eigenvalue weighted by Crippen LogP contribution is -2.54. The van der Waals surface area contributed by atoms with Crippen LogP contribution >= 0.6 is 0 Å². The van der Waals surface area contributed by atoms with E-state index in [4.69, 9.17) is 14.6 Å². The van der Waals surface area contributed by atoms with Crippen molar-refractivity contribution in [3.63, 3.8) is 0 Å². The van der Waals surface area contributed by atoms with E-state index in [0.717, 1.165) is 36.2 Å². The summed E-state index contributed by atoms with van der Waals surface area (Å²) in [4.78, 5) is 35.9. The molecule has 4 rings (SSSR count). The number of nitrogens with zero attached hydrogens (tertiary/aromatic N) is 4. The van der Waals surface area contributed by atoms with E-state index in [0.29, 0.717) is 13.0 Å². The first-order chi connectivity index (χ1) is 17.6. The van der Waals surface area contributed by atoms with Gasteiger partial charge in [-0.05, 0) is 56.0 Å². The van der Waals surface area contributed by atoms with E-state index in [1.165, 1.54) is 11.8 Å². The minimum atomic E-state index is -2.47. The number of hydrogen-bond donors (Lipinski definition) is 2. The van der Waals surface area contributed by atoms with Gasteiger partial charge in [-0.15, -0.1) is 5.10 Å². The number of esters is 1. The van der Waals surface area contributed by atoms with Gasteiger partial charge in [-0.2, -0.15) is 0 Å². The highest BCUT2D eigenvalue weighted by molar-refractivity contribution is 6.71. The van der Waals surface area contributed by atoms with Gasteiger partial charge in [0.05, 0.1) is 24.3 Å². The third kappa shape index (κ3) is 6.46.